The van der Waals surface area contributed by atoms with E-state index in [-0.39, 0.29) is 64.0 Å². The van der Waals surface area contributed by atoms with Crippen LogP contribution in [-0.2, 0) is 117 Å². The first kappa shape index (κ1) is 121. The van der Waals surface area contributed by atoms with E-state index < -0.39 is 297 Å². The van der Waals surface area contributed by atoms with Crippen molar-refractivity contribution in [1.82, 2.24) is 106 Å². The first-order valence-electron chi connectivity index (χ1n) is 47.0. The number of hydrogen-bond acceptors (Lipinski definition) is 24. The van der Waals surface area contributed by atoms with Gasteiger partial charge in [0.1, 0.15) is 105 Å². The number of likely N-dealkylation sites (tertiary alicyclic amines) is 2. The molecule has 0 bridgehead atoms. The molecule has 0 saturated carbocycles. The Labute approximate surface area is 817 Å². The number of aliphatic hydroxyl groups is 1. The highest BCUT2D eigenvalue weighted by Gasteiger charge is 2.49. The molecule has 140 heavy (non-hydrogen) atoms. The SMILES string of the molecule is CC[C@](C)(NC(=O)C(C)(C)NC(=O)[C@@H](NC(=O)[C@@H]1CCCN1C(=O)C(C)(C)NC(=O)[C@H](CC(C)C)NC(=O)CNC(=O)C(C)(C)NC(=O)[C@@H](NC(=O)C(C)(C)NC(=O)[C@H](CCC(N)=O)NC(=O)[C@H](C)NC(=O)C(C)(C)NC(=O)[C@H](C)NC(=O)C(C)(C)NC(=O)[C@@H]1CCCN1C(=O)C(C)(C)NC(C)=O)C(C)C)C(C)C)C(=O)N[C@@H](CCC(N)=O)C(=O)N[C@@H](CCC(N)=O)C(=O)NC(CO)Cc1ccccc1. The van der Waals surface area contributed by atoms with Crippen molar-refractivity contribution in [3.8, 4) is 0 Å². The number of hydrogen-bond donors (Lipinski definition) is 22. The van der Waals surface area contributed by atoms with Crippen molar-refractivity contribution in [2.75, 3.05) is 26.2 Å². The number of rotatable bonds is 54. The lowest BCUT2D eigenvalue weighted by atomic mass is 9.93. The second kappa shape index (κ2) is 51.8. The molecule has 25 N–H and O–H groups in total. The average Bonchev–Trinajstić information content (AvgIpc) is 1.62. The Balaban J connectivity index is 1.66. The molecule has 2 fully saturated rings. The number of aliphatic hydroxyl groups excluding tert-OH is 1. The lowest BCUT2D eigenvalue weighted by Crippen LogP contribution is -2.67. The van der Waals surface area contributed by atoms with E-state index >= 15 is 0 Å². The molecule has 0 spiro atoms. The van der Waals surface area contributed by atoms with Crippen LogP contribution in [0.1, 0.15) is 256 Å². The van der Waals surface area contributed by atoms with E-state index in [0.29, 0.717) is 12.8 Å². The van der Waals surface area contributed by atoms with E-state index in [4.69, 9.17) is 17.2 Å². The van der Waals surface area contributed by atoms with E-state index in [1.807, 2.05) is 0 Å². The third-order valence-corrected chi connectivity index (χ3v) is 23.8. The summed E-state index contributed by atoms with van der Waals surface area (Å²) in [6.07, 6.45) is -1.15. The van der Waals surface area contributed by atoms with Crippen molar-refractivity contribution >= 4 is 136 Å². The summed E-state index contributed by atoms with van der Waals surface area (Å²) in [5, 5.41) is 56.2. The zero-order chi connectivity index (χ0) is 107. The Kier molecular flexibility index (Phi) is 44.8. The van der Waals surface area contributed by atoms with Crippen LogP contribution in [0.25, 0.3) is 0 Å². The molecule has 2 aliphatic heterocycles. The lowest BCUT2D eigenvalue weighted by molar-refractivity contribution is -0.146. The largest absolute Gasteiger partial charge is 0.394 e. The van der Waals surface area contributed by atoms with Gasteiger partial charge in [-0.05, 0) is 205 Å². The fourth-order valence-corrected chi connectivity index (χ4v) is 15.0. The molecule has 0 aliphatic carbocycles. The van der Waals surface area contributed by atoms with Gasteiger partial charge in [-0.2, -0.15) is 0 Å². The van der Waals surface area contributed by atoms with Gasteiger partial charge in [0, 0.05) is 39.3 Å². The Morgan fingerprint density at radius 1 is 0.386 bits per heavy atom. The summed E-state index contributed by atoms with van der Waals surface area (Å²) in [6.45, 7) is 34.3. The van der Waals surface area contributed by atoms with Gasteiger partial charge in [0.05, 0.1) is 19.2 Å². The second-order valence-corrected chi connectivity index (χ2v) is 40.9. The Morgan fingerprint density at radius 3 is 1.21 bits per heavy atom. The summed E-state index contributed by atoms with van der Waals surface area (Å²) < 4.78 is 0. The van der Waals surface area contributed by atoms with Crippen LogP contribution >= 0.6 is 0 Å². The summed E-state index contributed by atoms with van der Waals surface area (Å²) >= 11 is 0. The van der Waals surface area contributed by atoms with Gasteiger partial charge in [0.25, 0.3) is 0 Å². The maximum absolute atomic E-state index is 14.6. The summed E-state index contributed by atoms with van der Waals surface area (Å²) in [7, 11) is 0. The molecule has 2 aliphatic rings. The number of carbonyl (C=O) groups excluding carboxylic acids is 23. The van der Waals surface area contributed by atoms with Gasteiger partial charge in [-0.1, -0.05) is 78.8 Å². The van der Waals surface area contributed by atoms with Crippen molar-refractivity contribution < 1.29 is 115 Å². The minimum atomic E-state index is -1.91. The number of amides is 23. The normalized spacial score (nSPS) is 16.5. The van der Waals surface area contributed by atoms with Crippen molar-refractivity contribution in [2.24, 2.45) is 35.0 Å². The number of carbonyl (C=O) groups is 23. The number of benzene rings is 1. The van der Waals surface area contributed by atoms with Crippen molar-refractivity contribution in [1.29, 1.82) is 0 Å². The second-order valence-electron chi connectivity index (χ2n) is 40.9. The summed E-state index contributed by atoms with van der Waals surface area (Å²) in [6, 6.07) is -5.61. The predicted molar refractivity (Wildman–Crippen MR) is 511 cm³/mol. The van der Waals surface area contributed by atoms with Crippen molar-refractivity contribution in [3.05, 3.63) is 35.9 Å². The van der Waals surface area contributed by atoms with E-state index in [0.717, 1.165) is 5.56 Å². The van der Waals surface area contributed by atoms with Gasteiger partial charge in [-0.3, -0.25) is 110 Å². The van der Waals surface area contributed by atoms with E-state index in [2.05, 4.69) is 95.7 Å². The number of primary amides is 3. The van der Waals surface area contributed by atoms with Crippen LogP contribution in [0.4, 0.5) is 0 Å². The maximum Gasteiger partial charge on any atom is 0.248 e. The van der Waals surface area contributed by atoms with Crippen molar-refractivity contribution in [3.63, 3.8) is 0 Å². The first-order chi connectivity index (χ1) is 64.3. The molecular formula is C93H153N23O24. The minimum absolute atomic E-state index is 0.00734. The van der Waals surface area contributed by atoms with Crippen LogP contribution in [0.15, 0.2) is 30.3 Å². The minimum Gasteiger partial charge on any atom is -0.394 e. The van der Waals surface area contributed by atoms with E-state index in [9.17, 15) is 115 Å². The first-order valence-corrected chi connectivity index (χ1v) is 47.0. The van der Waals surface area contributed by atoms with Gasteiger partial charge in [-0.15, -0.1) is 0 Å². The molecule has 12 atom stereocenters. The van der Waals surface area contributed by atoms with E-state index in [1.54, 1.807) is 71.9 Å². The zero-order valence-electron chi connectivity index (χ0n) is 85.5. The van der Waals surface area contributed by atoms with Crippen LogP contribution in [0, 0.1) is 17.8 Å². The van der Waals surface area contributed by atoms with Gasteiger partial charge in [0.15, 0.2) is 0 Å². The molecule has 47 heteroatoms. The van der Waals surface area contributed by atoms with Crippen LogP contribution in [0.5, 0.6) is 0 Å². The molecule has 47 nitrogen and oxygen atoms in total. The third kappa shape index (κ3) is 37.0. The van der Waals surface area contributed by atoms with Gasteiger partial charge >= 0.3 is 0 Å². The molecule has 1 aromatic carbocycles. The monoisotopic (exact) mass is 1980 g/mol. The predicted octanol–water partition coefficient (Wildman–Crippen LogP) is -4.55. The standard InChI is InChI=1S/C93H153N23O24/c1-26-93(25,83(138)104-57(37-40-63(95)120)71(126)103-56(36-39-62(94)119)70(125)100-55(47-117)45-54-32-28-27-29-33-54)114-82(137)90(19,20)113-76(131)66(49(4)5)105-74(129)60-34-30-42-115(60)85(140)92(23,24)110-73(128)59(44-48(2)3)101-65(122)46-97-78(133)86(11,12)112-77(132)67(50(6)7)106-81(136)89(17,18)109-72(127)58(38-41-64(96)121)102-68(123)51(8)98-79(134)87(13,14)108-69(124)52(9)99-80(135)88(15,16)111-75(130)61-35-31-43-116(61)84(139)91(21,22)107-53(10)118/h27-29,32-33,48-52,55-61,66-67,117H,26,30-31,34-47H2,1-25H3,(H2,94,119)(H2,95,120)(H2,96,121)(H,97,133)(H,98,134)(H,99,135)(H,100,125)(H,101,122)(H,102,123)(H,103,126)(H,104,138)(H,105,129)(H,106,136)(H,107,118)(H,108,124)(H,109,127)(H,110,128)(H,111,130)(H,112,132)(H,113,131)(H,114,137)/t51-,52-,55?,56-,57-,58-,59-,60-,61-,66-,67-,93-/m0/s1. The van der Waals surface area contributed by atoms with Gasteiger partial charge < -0.3 is 128 Å². The zero-order valence-corrected chi connectivity index (χ0v) is 85.5. The van der Waals surface area contributed by atoms with Crippen LogP contribution in [0.3, 0.4) is 0 Å². The maximum atomic E-state index is 14.6. The number of nitrogens with two attached hydrogens (primary N) is 3. The Hall–Kier alpha value is -13.0. The number of nitrogens with zero attached hydrogens (tertiary/aromatic N) is 2. The van der Waals surface area contributed by atoms with E-state index in [1.165, 1.54) is 141 Å². The molecule has 0 aromatic heterocycles. The molecule has 784 valence electrons. The summed E-state index contributed by atoms with van der Waals surface area (Å²) in [4.78, 5) is 316. The molecule has 2 saturated heterocycles. The van der Waals surface area contributed by atoms with Crippen molar-refractivity contribution in [2.45, 2.75) is 367 Å². The smallest absolute Gasteiger partial charge is 0.248 e. The molecule has 2 heterocycles. The fourth-order valence-electron chi connectivity index (χ4n) is 15.0. The molecule has 23 amide bonds. The highest BCUT2D eigenvalue weighted by molar-refractivity contribution is 6.05. The molecule has 1 unspecified atom stereocenters. The highest BCUT2D eigenvalue weighted by Crippen LogP contribution is 2.27. The topological polar surface area (TPSA) is 714 Å². The van der Waals surface area contributed by atoms with Gasteiger partial charge in [0.2, 0.25) is 136 Å². The average molecular weight is 1980 g/mol. The summed E-state index contributed by atoms with van der Waals surface area (Å²) in [5.74, 6) is -20.9. The highest BCUT2D eigenvalue weighted by atomic mass is 16.3. The lowest BCUT2D eigenvalue weighted by Gasteiger charge is -2.36. The third-order valence-electron chi connectivity index (χ3n) is 23.8. The van der Waals surface area contributed by atoms with Crippen LogP contribution in [-0.4, -0.2) is 288 Å². The Bertz CT molecular complexity index is 4720. The molecule has 3 rings (SSSR count). The molecule has 0 radical (unpaired) electrons. The van der Waals surface area contributed by atoms with Crippen LogP contribution < -0.4 is 113 Å². The molecule has 1 aromatic rings. The van der Waals surface area contributed by atoms with Gasteiger partial charge in [-0.25, -0.2) is 0 Å². The molecular weight excluding hydrogens is 1820 g/mol. The number of nitrogens with one attached hydrogen (secondary N) is 18. The van der Waals surface area contributed by atoms with Crippen LogP contribution in [0.2, 0.25) is 0 Å². The summed E-state index contributed by atoms with van der Waals surface area (Å²) in [5.41, 5.74) is 3.10. The quantitative estimate of drug-likeness (QED) is 0.0292. The Morgan fingerprint density at radius 2 is 0.764 bits per heavy atom. The fraction of sp³-hybridized carbons (Fsp3) is 0.688.